The Labute approximate surface area is 118 Å². The summed E-state index contributed by atoms with van der Waals surface area (Å²) in [5, 5.41) is 16.1. The molecule has 2 saturated heterocycles. The van der Waals surface area contributed by atoms with E-state index >= 15 is 0 Å². The molecule has 0 aliphatic carbocycles. The quantitative estimate of drug-likeness (QED) is 0.878. The first-order chi connectivity index (χ1) is 9.74. The maximum atomic E-state index is 11.5. The third-order valence-electron chi connectivity index (χ3n) is 4.09. The summed E-state index contributed by atoms with van der Waals surface area (Å²) in [4.78, 5) is 13.9. The summed E-state index contributed by atoms with van der Waals surface area (Å²) in [5.74, 6) is 0.190. The summed E-state index contributed by atoms with van der Waals surface area (Å²) < 4.78 is 1.88. The highest BCUT2D eigenvalue weighted by Gasteiger charge is 2.31. The van der Waals surface area contributed by atoms with Crippen LogP contribution < -0.4 is 5.32 Å². The zero-order valence-corrected chi connectivity index (χ0v) is 11.5. The maximum Gasteiger partial charge on any atom is 0.220 e. The first-order valence-electron chi connectivity index (χ1n) is 7.20. The van der Waals surface area contributed by atoms with Gasteiger partial charge in [0.25, 0.3) is 0 Å². The standard InChI is InChI=1S/C14H19N5O/c15-5-11-6-16-19(7-11)13-9-18(10-13)8-12-3-1-2-4-14(20)17-12/h6-7,12-13H,1-4,8-10H2,(H,17,20). The number of nitriles is 1. The van der Waals surface area contributed by atoms with Crippen molar-refractivity contribution >= 4 is 5.91 Å². The van der Waals surface area contributed by atoms with E-state index in [0.29, 0.717) is 24.1 Å². The van der Waals surface area contributed by atoms with Crippen molar-refractivity contribution in [2.24, 2.45) is 0 Å². The molecular weight excluding hydrogens is 254 g/mol. The molecule has 2 aliphatic rings. The SMILES string of the molecule is N#Cc1cnn(C2CN(CC3CCCCC(=O)N3)C2)c1. The molecule has 2 aliphatic heterocycles. The van der Waals surface area contributed by atoms with Gasteiger partial charge in [-0.2, -0.15) is 10.4 Å². The minimum Gasteiger partial charge on any atom is -0.352 e. The Balaban J connectivity index is 1.48. The van der Waals surface area contributed by atoms with E-state index in [1.807, 2.05) is 4.68 Å². The van der Waals surface area contributed by atoms with Gasteiger partial charge in [-0.3, -0.25) is 14.4 Å². The Hall–Kier alpha value is -1.87. The molecule has 1 amide bonds. The van der Waals surface area contributed by atoms with Gasteiger partial charge in [0, 0.05) is 38.3 Å². The Kier molecular flexibility index (Phi) is 3.70. The van der Waals surface area contributed by atoms with E-state index in [1.165, 1.54) is 0 Å². The lowest BCUT2D eigenvalue weighted by Gasteiger charge is -2.41. The van der Waals surface area contributed by atoms with Crippen LogP contribution in [0.1, 0.15) is 37.3 Å². The molecule has 0 bridgehead atoms. The van der Waals surface area contributed by atoms with Crippen LogP contribution in [-0.2, 0) is 4.79 Å². The summed E-state index contributed by atoms with van der Waals surface area (Å²) in [6.07, 6.45) is 7.29. The van der Waals surface area contributed by atoms with Gasteiger partial charge in [-0.1, -0.05) is 6.42 Å². The Morgan fingerprint density at radius 2 is 2.30 bits per heavy atom. The van der Waals surface area contributed by atoms with Gasteiger partial charge in [-0.25, -0.2) is 0 Å². The smallest absolute Gasteiger partial charge is 0.220 e. The highest BCUT2D eigenvalue weighted by Crippen LogP contribution is 2.22. The van der Waals surface area contributed by atoms with Gasteiger partial charge < -0.3 is 5.32 Å². The third-order valence-corrected chi connectivity index (χ3v) is 4.09. The van der Waals surface area contributed by atoms with Crippen molar-refractivity contribution in [2.75, 3.05) is 19.6 Å². The average molecular weight is 273 g/mol. The average Bonchev–Trinajstić information content (AvgIpc) is 2.76. The van der Waals surface area contributed by atoms with Gasteiger partial charge in [0.15, 0.2) is 0 Å². The molecule has 3 heterocycles. The van der Waals surface area contributed by atoms with E-state index < -0.39 is 0 Å². The predicted octanol–water partition coefficient (Wildman–Crippen LogP) is 0.670. The van der Waals surface area contributed by atoms with Crippen LogP contribution in [0.4, 0.5) is 0 Å². The monoisotopic (exact) mass is 273 g/mol. The molecule has 1 aromatic heterocycles. The minimum absolute atomic E-state index is 0.190. The van der Waals surface area contributed by atoms with Crippen LogP contribution in [0, 0.1) is 11.3 Å². The number of nitrogens with zero attached hydrogens (tertiary/aromatic N) is 4. The number of nitrogens with one attached hydrogen (secondary N) is 1. The normalized spacial score (nSPS) is 24.6. The number of amides is 1. The molecular formula is C14H19N5O. The van der Waals surface area contributed by atoms with E-state index in [-0.39, 0.29) is 5.91 Å². The van der Waals surface area contributed by atoms with Gasteiger partial charge in [-0.05, 0) is 12.8 Å². The molecule has 1 unspecified atom stereocenters. The van der Waals surface area contributed by atoms with Crippen molar-refractivity contribution in [2.45, 2.75) is 37.8 Å². The second-order valence-corrected chi connectivity index (χ2v) is 5.70. The van der Waals surface area contributed by atoms with Gasteiger partial charge in [0.2, 0.25) is 5.91 Å². The second-order valence-electron chi connectivity index (χ2n) is 5.70. The molecule has 3 rings (SSSR count). The number of hydrogen-bond acceptors (Lipinski definition) is 4. The van der Waals surface area contributed by atoms with Crippen LogP contribution in [0.2, 0.25) is 0 Å². The fraction of sp³-hybridized carbons (Fsp3) is 0.643. The van der Waals surface area contributed by atoms with Crippen LogP contribution in [0.3, 0.4) is 0 Å². The molecule has 20 heavy (non-hydrogen) atoms. The van der Waals surface area contributed by atoms with Crippen LogP contribution >= 0.6 is 0 Å². The number of carbonyl (C=O) groups is 1. The van der Waals surface area contributed by atoms with Gasteiger partial charge >= 0.3 is 0 Å². The Morgan fingerprint density at radius 1 is 1.45 bits per heavy atom. The molecule has 6 nitrogen and oxygen atoms in total. The van der Waals surface area contributed by atoms with E-state index in [2.05, 4.69) is 21.4 Å². The molecule has 6 heteroatoms. The van der Waals surface area contributed by atoms with E-state index in [9.17, 15) is 4.79 Å². The highest BCUT2D eigenvalue weighted by atomic mass is 16.1. The molecule has 1 N–H and O–H groups in total. The number of carbonyl (C=O) groups excluding carboxylic acids is 1. The molecule has 0 aromatic carbocycles. The van der Waals surface area contributed by atoms with Gasteiger partial charge in [0.1, 0.15) is 6.07 Å². The van der Waals surface area contributed by atoms with Crippen molar-refractivity contribution in [1.82, 2.24) is 20.0 Å². The number of likely N-dealkylation sites (tertiary alicyclic amines) is 1. The number of rotatable bonds is 3. The summed E-state index contributed by atoms with van der Waals surface area (Å²) in [6.45, 7) is 2.81. The molecule has 1 atom stereocenters. The van der Waals surface area contributed by atoms with Crippen LogP contribution in [0.15, 0.2) is 12.4 Å². The first-order valence-corrected chi connectivity index (χ1v) is 7.20. The molecule has 1 aromatic rings. The summed E-state index contributed by atoms with van der Waals surface area (Å²) >= 11 is 0. The van der Waals surface area contributed by atoms with Crippen molar-refractivity contribution in [3.8, 4) is 6.07 Å². The Bertz CT molecular complexity index is 526. The zero-order chi connectivity index (χ0) is 13.9. The molecule has 0 saturated carbocycles. The summed E-state index contributed by atoms with van der Waals surface area (Å²) in [6, 6.07) is 2.74. The maximum absolute atomic E-state index is 11.5. The summed E-state index contributed by atoms with van der Waals surface area (Å²) in [7, 11) is 0. The van der Waals surface area contributed by atoms with Crippen molar-refractivity contribution in [3.63, 3.8) is 0 Å². The number of aromatic nitrogens is 2. The highest BCUT2D eigenvalue weighted by molar-refractivity contribution is 5.76. The summed E-state index contributed by atoms with van der Waals surface area (Å²) in [5.41, 5.74) is 0.611. The van der Waals surface area contributed by atoms with Gasteiger partial charge in [0.05, 0.1) is 17.8 Å². The lowest BCUT2D eigenvalue weighted by molar-refractivity contribution is -0.121. The van der Waals surface area contributed by atoms with Crippen LogP contribution in [0.5, 0.6) is 0 Å². The second kappa shape index (κ2) is 5.63. The largest absolute Gasteiger partial charge is 0.352 e. The lowest BCUT2D eigenvalue weighted by Crippen LogP contribution is -2.53. The fourth-order valence-corrected chi connectivity index (χ4v) is 2.95. The fourth-order valence-electron chi connectivity index (χ4n) is 2.95. The predicted molar refractivity (Wildman–Crippen MR) is 72.8 cm³/mol. The van der Waals surface area contributed by atoms with E-state index in [1.54, 1.807) is 12.4 Å². The molecule has 0 spiro atoms. The lowest BCUT2D eigenvalue weighted by atomic mass is 10.1. The van der Waals surface area contributed by atoms with E-state index in [0.717, 1.165) is 38.9 Å². The first kappa shape index (κ1) is 13.1. The zero-order valence-electron chi connectivity index (χ0n) is 11.5. The minimum atomic E-state index is 0.190. The van der Waals surface area contributed by atoms with Crippen molar-refractivity contribution in [3.05, 3.63) is 18.0 Å². The van der Waals surface area contributed by atoms with Crippen molar-refractivity contribution < 1.29 is 4.79 Å². The molecule has 0 radical (unpaired) electrons. The topological polar surface area (TPSA) is 74.0 Å². The molecule has 2 fully saturated rings. The number of hydrogen-bond donors (Lipinski definition) is 1. The van der Waals surface area contributed by atoms with Crippen LogP contribution in [-0.4, -0.2) is 46.3 Å². The van der Waals surface area contributed by atoms with E-state index in [4.69, 9.17) is 5.26 Å². The third kappa shape index (κ3) is 2.83. The Morgan fingerprint density at radius 3 is 3.05 bits per heavy atom. The van der Waals surface area contributed by atoms with Crippen LogP contribution in [0.25, 0.3) is 0 Å². The van der Waals surface area contributed by atoms with Crippen molar-refractivity contribution in [1.29, 1.82) is 5.26 Å². The molecule has 106 valence electrons. The van der Waals surface area contributed by atoms with Gasteiger partial charge in [-0.15, -0.1) is 0 Å².